The number of unbranched alkanes of at least 4 members (excludes halogenated alkanes) is 2. The van der Waals surface area contributed by atoms with Crippen LogP contribution in [-0.2, 0) is 83.4 Å². The van der Waals surface area contributed by atoms with E-state index >= 15 is 0 Å². The fourth-order valence-electron chi connectivity index (χ4n) is 27.2. The van der Waals surface area contributed by atoms with Gasteiger partial charge in [0.05, 0.1) is 0 Å². The van der Waals surface area contributed by atoms with E-state index in [1.807, 2.05) is 0 Å². The number of rotatable bonds is 9. The Balaban J connectivity index is 0.00000132. The van der Waals surface area contributed by atoms with E-state index in [4.69, 9.17) is 68.1 Å². The number of benzene rings is 3. The molecule has 0 saturated heterocycles. The Morgan fingerprint density at radius 3 is 0.737 bits per heavy atom. The Bertz CT molecular complexity index is 2580. The molecule has 0 spiro atoms. The molecular formula is C105H177BrCl8Zr4. The molecule has 22 unspecified atom stereocenters. The normalized spacial score (nSPS) is 33.3. The van der Waals surface area contributed by atoms with Crippen LogP contribution in [0.4, 0.5) is 0 Å². The van der Waals surface area contributed by atoms with E-state index in [1.54, 1.807) is 42.4 Å². The van der Waals surface area contributed by atoms with Gasteiger partial charge in [-0.3, -0.25) is 0 Å². The van der Waals surface area contributed by atoms with Crippen LogP contribution in [0.1, 0.15) is 384 Å². The summed E-state index contributed by atoms with van der Waals surface area (Å²) >= 11 is 0.728. The van der Waals surface area contributed by atoms with E-state index in [9.17, 15) is 0 Å². The second-order valence-electron chi connectivity index (χ2n) is 38.4. The zero-order chi connectivity index (χ0) is 78.2. The van der Waals surface area contributed by atoms with E-state index in [0.717, 1.165) is 147 Å². The molecule has 0 aromatic heterocycles. The first-order valence-electron chi connectivity index (χ1n) is 46.5. The largest absolute Gasteiger partial charge is 0.0622 e. The monoisotopic (exact) mass is 2160 g/mol. The molecular weight excluding hydrogens is 1990 g/mol. The first-order chi connectivity index (χ1) is 53.9. The predicted molar refractivity (Wildman–Crippen MR) is 526 cm³/mol. The van der Waals surface area contributed by atoms with Gasteiger partial charge in [-0.2, -0.15) is 0 Å². The molecule has 0 amide bonds. The number of fused-ring (bicyclic) bond motifs is 8. The van der Waals surface area contributed by atoms with E-state index < -0.39 is 83.4 Å². The summed E-state index contributed by atoms with van der Waals surface area (Å²) in [6.45, 7) is 12.0. The summed E-state index contributed by atoms with van der Waals surface area (Å²) in [5.41, 5.74) is 4.97. The molecule has 3 aromatic carbocycles. The minimum Gasteiger partial charge on any atom is -0.0622 e. The molecule has 0 heterocycles. The summed E-state index contributed by atoms with van der Waals surface area (Å²) in [6.07, 6.45) is 73.8. The maximum absolute atomic E-state index is 4.93. The van der Waals surface area contributed by atoms with Crippen molar-refractivity contribution in [3.8, 4) is 0 Å². The van der Waals surface area contributed by atoms with Gasteiger partial charge in [0.15, 0.2) is 0 Å². The molecule has 16 aliphatic rings. The van der Waals surface area contributed by atoms with Gasteiger partial charge in [-0.05, 0) is 255 Å². The first-order valence-corrected chi connectivity index (χ1v) is 72.7. The van der Waals surface area contributed by atoms with Crippen molar-refractivity contribution in [3.63, 3.8) is 0 Å². The van der Waals surface area contributed by atoms with Crippen molar-refractivity contribution < 1.29 is 83.4 Å². The predicted octanol–water partition coefficient (Wildman–Crippen LogP) is 39.5. The molecule has 676 valence electrons. The first kappa shape index (κ1) is 122. The Morgan fingerprint density at radius 1 is 0.254 bits per heavy atom. The molecule has 0 bridgehead atoms. The standard InChI is InChI=1S/2C19H26.C18H24.C13H21Br.2C9H18.2C5H10.8CH3.8ClH.4Zr/c2*1-13-10-16-12-15-8-5-9-17(15)19(18(16)11-13)14-6-3-2-4-7-14;1-2-6-13(7-3-1)18-16-10-4-8-14(16)12-15-9-5-11-17(15)18;1-8-5-10-7-9-3-2-4-11(9)13(14)12(10)6-8;2*1-2-3-6-9-7-4-5-8-9;2*1-2-4-5-3-1;;;;;;;;;;;;;;;;;;;;/h2*2-4,6-7,13,15-19H,5,8-12H2,1H3;1-3,6-7,14-18H,4-5,8-12H2;8-13H,2-7H2,1H3;2*9H,2-8H2,1H3;2*1-5H2;8*1H3;8*1H;;;;/q;;;;;;;;8*-1;;;;;;;;;4*+4/p-8. The van der Waals surface area contributed by atoms with Crippen LogP contribution in [-0.4, -0.2) is 4.83 Å². The molecule has 0 nitrogen and oxygen atoms in total. The maximum Gasteiger partial charge on any atom is -0.01000 e. The molecule has 22 atom stereocenters. The van der Waals surface area contributed by atoms with Crippen LogP contribution in [0.3, 0.4) is 0 Å². The van der Waals surface area contributed by atoms with Crippen LogP contribution in [0.5, 0.6) is 0 Å². The smallest absolute Gasteiger partial charge is 0.01000 e. The molecule has 118 heavy (non-hydrogen) atoms. The summed E-state index contributed by atoms with van der Waals surface area (Å²) in [7, 11) is 39.5. The average Bonchev–Trinajstić information content (AvgIpc) is 1.61. The van der Waals surface area contributed by atoms with Gasteiger partial charge >= 0.3 is 151 Å². The van der Waals surface area contributed by atoms with Gasteiger partial charge in [0.1, 0.15) is 0 Å². The Labute approximate surface area is 820 Å². The quantitative estimate of drug-likeness (QED) is 0.148. The average molecular weight is 2170 g/mol. The van der Waals surface area contributed by atoms with Gasteiger partial charge in [0.2, 0.25) is 0 Å². The van der Waals surface area contributed by atoms with Gasteiger partial charge < -0.3 is 59.4 Å². The zero-order valence-electron chi connectivity index (χ0n) is 77.6. The third-order valence-corrected chi connectivity index (χ3v) is 32.8. The van der Waals surface area contributed by atoms with Crippen LogP contribution in [0.25, 0.3) is 0 Å². The van der Waals surface area contributed by atoms with Gasteiger partial charge in [-0.15, -0.1) is 0 Å². The molecule has 19 rings (SSSR count). The Morgan fingerprint density at radius 2 is 0.475 bits per heavy atom. The van der Waals surface area contributed by atoms with Crippen molar-refractivity contribution in [3.05, 3.63) is 167 Å². The van der Waals surface area contributed by atoms with Crippen LogP contribution in [0.2, 0.25) is 0 Å². The molecule has 13 heteroatoms. The topological polar surface area (TPSA) is 0 Å². The molecule has 3 aromatic rings. The summed E-state index contributed by atoms with van der Waals surface area (Å²) in [5, 5.41) is 0. The summed E-state index contributed by atoms with van der Waals surface area (Å²) in [6, 6.07) is 34.5. The maximum atomic E-state index is 4.93. The van der Waals surface area contributed by atoms with Crippen LogP contribution < -0.4 is 0 Å². The molecule has 16 saturated carbocycles. The summed E-state index contributed by atoms with van der Waals surface area (Å²) in [5.74, 6) is 24.5. The van der Waals surface area contributed by atoms with Crippen LogP contribution in [0, 0.1) is 184 Å². The number of hydrogen-bond donors (Lipinski definition) is 0. The van der Waals surface area contributed by atoms with Crippen molar-refractivity contribution in [2.75, 3.05) is 0 Å². The molecule has 16 fully saturated rings. The van der Waals surface area contributed by atoms with Crippen molar-refractivity contribution in [1.82, 2.24) is 0 Å². The van der Waals surface area contributed by atoms with Crippen LogP contribution >= 0.6 is 84.0 Å². The third-order valence-electron chi connectivity index (χ3n) is 31.5. The zero-order valence-corrected chi connectivity index (χ0v) is 95.1. The SMILES string of the molecule is C1CCCC1.C1CCCC1.CC1CC2CC3CCCC3C(Br)C2C1.CC1CC2CC3CCCC3C(c3ccccc3)C2C1.CC1CC2CC3CCCC3C(c3ccccc3)C2C1.CCCCC1CCCC1.CCCCC1CCCC1.[CH3-].[CH3-].[CH3-].[CH3-].[CH3-].[CH3-].[CH3-].[CH3-].[Cl][Zr+2][Cl].[Cl][Zr+2][Cl].[Cl][Zr+2][Cl].[Cl][Zr+2][Cl].c1ccc(C2C3CCCC3CC3CCCC32)cc1. The van der Waals surface area contributed by atoms with E-state index in [-0.39, 0.29) is 59.4 Å². The van der Waals surface area contributed by atoms with Crippen LogP contribution in [0.15, 0.2) is 91.0 Å². The molecule has 0 aliphatic heterocycles. The second-order valence-corrected chi connectivity index (χ2v) is 54.4. The molecule has 16 aliphatic carbocycles. The summed E-state index contributed by atoms with van der Waals surface area (Å²) < 4.78 is 0. The van der Waals surface area contributed by atoms with Crippen molar-refractivity contribution in [1.29, 1.82) is 0 Å². The number of halogens is 9. The minimum absolute atomic E-state index is 0. The van der Waals surface area contributed by atoms with E-state index in [0.29, 0.717) is 0 Å². The van der Waals surface area contributed by atoms with Gasteiger partial charge in [0, 0.05) is 4.83 Å². The fourth-order valence-corrected chi connectivity index (χ4v) is 28.5. The van der Waals surface area contributed by atoms with Crippen molar-refractivity contribution >= 4 is 84.0 Å². The van der Waals surface area contributed by atoms with Gasteiger partial charge in [-0.25, -0.2) is 0 Å². The molecule has 0 radical (unpaired) electrons. The van der Waals surface area contributed by atoms with Crippen molar-refractivity contribution in [2.24, 2.45) is 124 Å². The second kappa shape index (κ2) is 71.6. The Kier molecular flexibility index (Phi) is 74.0. The summed E-state index contributed by atoms with van der Waals surface area (Å²) in [4.78, 5) is 0.874. The Hall–Kier alpha value is 3.99. The minimum atomic E-state index is -0.826. The number of alkyl halides is 1. The fraction of sp³-hybridized carbons (Fsp3) is 0.752. The van der Waals surface area contributed by atoms with E-state index in [2.05, 4.69) is 142 Å². The van der Waals surface area contributed by atoms with Gasteiger partial charge in [-0.1, -0.05) is 360 Å². The number of hydrogen-bond acceptors (Lipinski definition) is 0. The van der Waals surface area contributed by atoms with Crippen molar-refractivity contribution in [2.45, 2.75) is 372 Å². The van der Waals surface area contributed by atoms with Gasteiger partial charge in [0.25, 0.3) is 0 Å². The van der Waals surface area contributed by atoms with E-state index in [1.165, 1.54) is 289 Å². The third kappa shape index (κ3) is 40.0. The molecule has 0 N–H and O–H groups in total.